The number of aromatic nitrogens is 1. The number of nitrogens with one attached hydrogen (secondary N) is 1. The van der Waals surface area contributed by atoms with Crippen LogP contribution in [0.2, 0.25) is 0 Å². The number of ether oxygens (including phenoxy) is 1. The summed E-state index contributed by atoms with van der Waals surface area (Å²) in [6.07, 6.45) is 5.07. The van der Waals surface area contributed by atoms with E-state index in [1.165, 1.54) is 44.6 Å². The Hall–Kier alpha value is -1.43. The van der Waals surface area contributed by atoms with Gasteiger partial charge in [-0.25, -0.2) is 9.78 Å². The summed E-state index contributed by atoms with van der Waals surface area (Å²) >= 11 is 1.22. The maximum Gasteiger partial charge on any atom is 0.358 e. The smallest absolute Gasteiger partial charge is 0.358 e. The van der Waals surface area contributed by atoms with Gasteiger partial charge in [0.2, 0.25) is 0 Å². The van der Waals surface area contributed by atoms with E-state index < -0.39 is 5.97 Å². The van der Waals surface area contributed by atoms with Crippen molar-refractivity contribution in [2.75, 3.05) is 19.0 Å². The number of methoxy groups -OCH3 is 1. The largest absolute Gasteiger partial charge is 0.464 e. The molecule has 1 aromatic rings. The van der Waals surface area contributed by atoms with Gasteiger partial charge in [-0.05, 0) is 12.3 Å². The topological polar surface area (TPSA) is 68.3 Å². The molecule has 5 nitrogen and oxygen atoms in total. The van der Waals surface area contributed by atoms with Gasteiger partial charge in [0.25, 0.3) is 0 Å². The Bertz CT molecular complexity index is 480. The zero-order valence-electron chi connectivity index (χ0n) is 11.2. The summed E-state index contributed by atoms with van der Waals surface area (Å²) in [7, 11) is 1.29. The highest BCUT2D eigenvalue weighted by atomic mass is 32.1. The maximum absolute atomic E-state index is 11.5. The number of hydrogen-bond acceptors (Lipinski definition) is 6. The lowest BCUT2D eigenvalue weighted by atomic mass is 9.83. The highest BCUT2D eigenvalue weighted by Gasteiger charge is 2.22. The molecule has 1 fully saturated rings. The molecular formula is C13H18N2O3S. The third-order valence-corrected chi connectivity index (χ3v) is 4.49. The summed E-state index contributed by atoms with van der Waals surface area (Å²) in [5.74, 6) is 0.0956. The van der Waals surface area contributed by atoms with Gasteiger partial charge in [0.1, 0.15) is 4.88 Å². The van der Waals surface area contributed by atoms with Crippen LogP contribution >= 0.6 is 11.3 Å². The lowest BCUT2D eigenvalue weighted by Crippen LogP contribution is -2.15. The summed E-state index contributed by atoms with van der Waals surface area (Å²) in [5, 5.41) is 3.80. The summed E-state index contributed by atoms with van der Waals surface area (Å²) in [5.41, 5.74) is 0.117. The third-order valence-electron chi connectivity index (χ3n) is 3.38. The molecule has 0 spiro atoms. The molecule has 0 bridgehead atoms. The second-order valence-corrected chi connectivity index (χ2v) is 5.76. The summed E-state index contributed by atoms with van der Waals surface area (Å²) in [4.78, 5) is 27.5. The fraction of sp³-hybridized carbons (Fsp3) is 0.615. The van der Waals surface area contributed by atoms with Gasteiger partial charge < -0.3 is 10.1 Å². The number of thiazole rings is 1. The number of esters is 1. The van der Waals surface area contributed by atoms with Crippen LogP contribution in [-0.2, 0) is 4.74 Å². The van der Waals surface area contributed by atoms with Gasteiger partial charge in [-0.15, -0.1) is 0 Å². The van der Waals surface area contributed by atoms with Crippen LogP contribution in [0.4, 0.5) is 5.13 Å². The minimum Gasteiger partial charge on any atom is -0.464 e. The standard InChI is InChI=1S/C13H18N2O3S/c1-8(16)11-10(12(17)18-2)15-13(19-11)14-7-6-9-4-3-5-9/h9H,3-7H2,1-2H3,(H,14,15). The average Bonchev–Trinajstić information content (AvgIpc) is 2.75. The number of anilines is 1. The van der Waals surface area contributed by atoms with Gasteiger partial charge in [0.15, 0.2) is 16.6 Å². The van der Waals surface area contributed by atoms with Crippen molar-refractivity contribution in [3.8, 4) is 0 Å². The lowest BCUT2D eigenvalue weighted by molar-refractivity contribution is 0.0591. The number of carbonyl (C=O) groups excluding carboxylic acids is 2. The first-order valence-corrected chi connectivity index (χ1v) is 7.27. The molecule has 2 rings (SSSR count). The van der Waals surface area contributed by atoms with E-state index in [0.717, 1.165) is 18.9 Å². The van der Waals surface area contributed by atoms with Crippen molar-refractivity contribution in [2.24, 2.45) is 5.92 Å². The molecule has 19 heavy (non-hydrogen) atoms. The highest BCUT2D eigenvalue weighted by molar-refractivity contribution is 7.17. The molecule has 0 aromatic carbocycles. The SMILES string of the molecule is COC(=O)c1nc(NCCC2CCC2)sc1C(C)=O. The van der Waals surface area contributed by atoms with Crippen molar-refractivity contribution >= 4 is 28.2 Å². The van der Waals surface area contributed by atoms with Crippen LogP contribution in [-0.4, -0.2) is 30.4 Å². The number of hydrogen-bond donors (Lipinski definition) is 1. The Kier molecular flexibility index (Phi) is 4.52. The van der Waals surface area contributed by atoms with Gasteiger partial charge in [-0.3, -0.25) is 4.79 Å². The molecule has 0 atom stereocenters. The molecule has 0 radical (unpaired) electrons. The van der Waals surface area contributed by atoms with Crippen molar-refractivity contribution in [1.82, 2.24) is 4.98 Å². The first-order valence-electron chi connectivity index (χ1n) is 6.45. The van der Waals surface area contributed by atoms with E-state index >= 15 is 0 Å². The van der Waals surface area contributed by atoms with E-state index in [-0.39, 0.29) is 11.5 Å². The second kappa shape index (κ2) is 6.14. The summed E-state index contributed by atoms with van der Waals surface area (Å²) in [6, 6.07) is 0. The predicted molar refractivity (Wildman–Crippen MR) is 73.9 cm³/mol. The molecule has 0 amide bonds. The first kappa shape index (κ1) is 14.0. The van der Waals surface area contributed by atoms with Gasteiger partial charge >= 0.3 is 5.97 Å². The fourth-order valence-corrected chi connectivity index (χ4v) is 2.91. The molecule has 0 aliphatic heterocycles. The van der Waals surface area contributed by atoms with Crippen LogP contribution in [0.3, 0.4) is 0 Å². The molecule has 1 saturated carbocycles. The second-order valence-electron chi connectivity index (χ2n) is 4.76. The third kappa shape index (κ3) is 3.32. The zero-order valence-corrected chi connectivity index (χ0v) is 12.0. The van der Waals surface area contributed by atoms with Gasteiger partial charge in [-0.2, -0.15) is 0 Å². The Labute approximate surface area is 116 Å². The number of ketones is 1. The van der Waals surface area contributed by atoms with Crippen LogP contribution < -0.4 is 5.32 Å². The summed E-state index contributed by atoms with van der Waals surface area (Å²) < 4.78 is 4.63. The van der Waals surface area contributed by atoms with Gasteiger partial charge in [0.05, 0.1) is 7.11 Å². The summed E-state index contributed by atoms with van der Waals surface area (Å²) in [6.45, 7) is 2.26. The van der Waals surface area contributed by atoms with E-state index in [4.69, 9.17) is 0 Å². The lowest BCUT2D eigenvalue weighted by Gasteiger charge is -2.24. The van der Waals surface area contributed by atoms with Crippen molar-refractivity contribution in [1.29, 1.82) is 0 Å². The highest BCUT2D eigenvalue weighted by Crippen LogP contribution is 2.30. The van der Waals surface area contributed by atoms with Crippen LogP contribution in [0.15, 0.2) is 0 Å². The van der Waals surface area contributed by atoms with Crippen molar-refractivity contribution in [3.05, 3.63) is 10.6 Å². The Morgan fingerprint density at radius 2 is 2.21 bits per heavy atom. The van der Waals surface area contributed by atoms with Crippen LogP contribution in [0.1, 0.15) is 52.8 Å². The fourth-order valence-electron chi connectivity index (χ4n) is 2.03. The Morgan fingerprint density at radius 3 is 2.74 bits per heavy atom. The maximum atomic E-state index is 11.5. The van der Waals surface area contributed by atoms with E-state index in [1.54, 1.807) is 0 Å². The normalized spacial score (nSPS) is 14.8. The Balaban J connectivity index is 1.99. The van der Waals surface area contributed by atoms with E-state index in [9.17, 15) is 9.59 Å². The molecule has 1 N–H and O–H groups in total. The monoisotopic (exact) mass is 282 g/mol. The minimum absolute atomic E-state index is 0.117. The van der Waals surface area contributed by atoms with Crippen LogP contribution in [0.5, 0.6) is 0 Å². The molecule has 6 heteroatoms. The predicted octanol–water partition coefficient (Wildman–Crippen LogP) is 2.73. The van der Waals surface area contributed by atoms with Gasteiger partial charge in [0, 0.05) is 13.5 Å². The average molecular weight is 282 g/mol. The molecule has 104 valence electrons. The number of Topliss-reactive ketones (excluding diaryl/α,β-unsaturated/α-hetero) is 1. The molecule has 0 saturated heterocycles. The zero-order chi connectivity index (χ0) is 13.8. The number of carbonyl (C=O) groups is 2. The minimum atomic E-state index is -0.562. The molecule has 1 aliphatic rings. The Morgan fingerprint density at radius 1 is 1.47 bits per heavy atom. The molecule has 0 unspecified atom stereocenters. The van der Waals surface area contributed by atoms with E-state index in [0.29, 0.717) is 10.0 Å². The van der Waals surface area contributed by atoms with E-state index in [1.807, 2.05) is 0 Å². The molecule has 1 heterocycles. The van der Waals surface area contributed by atoms with Gasteiger partial charge in [-0.1, -0.05) is 30.6 Å². The molecule has 1 aliphatic carbocycles. The quantitative estimate of drug-likeness (QED) is 0.642. The molecular weight excluding hydrogens is 264 g/mol. The molecule has 1 aromatic heterocycles. The van der Waals surface area contributed by atoms with Crippen LogP contribution in [0, 0.1) is 5.92 Å². The van der Waals surface area contributed by atoms with Crippen molar-refractivity contribution in [3.63, 3.8) is 0 Å². The van der Waals surface area contributed by atoms with Crippen molar-refractivity contribution in [2.45, 2.75) is 32.6 Å². The van der Waals surface area contributed by atoms with E-state index in [2.05, 4.69) is 15.0 Å². The van der Waals surface area contributed by atoms with Crippen LogP contribution in [0.25, 0.3) is 0 Å². The number of rotatable bonds is 6. The first-order chi connectivity index (χ1) is 9.11. The van der Waals surface area contributed by atoms with Crippen molar-refractivity contribution < 1.29 is 14.3 Å². The number of nitrogens with zero attached hydrogens (tertiary/aromatic N) is 1.